The molecular weight excluding hydrogens is 889 g/mol. The molecule has 0 N–H and O–H groups in total. The van der Waals surface area contributed by atoms with Crippen LogP contribution in [0.25, 0.3) is 0 Å². The standard InChI is InChI=1S/3C18H14O3S/c3*19-18(16-12-7-13-20-16)21-22-17(14-8-3-1-4-9-14)15-10-5-2-6-11-15/h3*1-13,17H. The summed E-state index contributed by atoms with van der Waals surface area (Å²) < 4.78 is 31.2. The quantitative estimate of drug-likeness (QED) is 0.0911. The first-order valence-electron chi connectivity index (χ1n) is 20.6. The van der Waals surface area contributed by atoms with Gasteiger partial charge in [-0.15, -0.1) is 0 Å². The maximum absolute atomic E-state index is 11.9. The molecule has 12 heteroatoms. The number of carbonyl (C=O) groups is 3. The van der Waals surface area contributed by atoms with Crippen molar-refractivity contribution in [1.82, 2.24) is 0 Å². The van der Waals surface area contributed by atoms with Gasteiger partial charge in [0.1, 0.15) is 0 Å². The SMILES string of the molecule is O=C(OSC(c1ccccc1)c1ccccc1)c1ccco1.O=C(OSC(c1ccccc1)c1ccccc1)c1ccco1.O=C(OSC(c1ccccc1)c1ccccc1)c1ccco1. The van der Waals surface area contributed by atoms with Crippen LogP contribution in [0.4, 0.5) is 0 Å². The summed E-state index contributed by atoms with van der Waals surface area (Å²) in [5, 5.41) is -0.246. The third-order valence-electron chi connectivity index (χ3n) is 9.44. The zero-order valence-electron chi connectivity index (χ0n) is 35.1. The van der Waals surface area contributed by atoms with Crippen molar-refractivity contribution >= 4 is 54.0 Å². The van der Waals surface area contributed by atoms with Crippen LogP contribution in [-0.4, -0.2) is 17.9 Å². The molecule has 0 bridgehead atoms. The van der Waals surface area contributed by atoms with Crippen molar-refractivity contribution in [2.24, 2.45) is 0 Å². The summed E-state index contributed by atoms with van der Waals surface area (Å²) in [6.45, 7) is 0. The summed E-state index contributed by atoms with van der Waals surface area (Å²) in [5.74, 6) is -0.835. The summed E-state index contributed by atoms with van der Waals surface area (Å²) >= 11 is 3.37. The van der Waals surface area contributed by atoms with E-state index < -0.39 is 17.9 Å². The van der Waals surface area contributed by atoms with Crippen molar-refractivity contribution in [2.75, 3.05) is 0 Å². The van der Waals surface area contributed by atoms with Crippen LogP contribution in [0.2, 0.25) is 0 Å². The molecular formula is C54H42O9S3. The minimum atomic E-state index is -0.480. The summed E-state index contributed by atoms with van der Waals surface area (Å²) in [4.78, 5) is 35.8. The maximum Gasteiger partial charge on any atom is 0.386 e. The third kappa shape index (κ3) is 13.8. The molecule has 9 aromatic rings. The van der Waals surface area contributed by atoms with Crippen LogP contribution in [0.5, 0.6) is 0 Å². The second kappa shape index (κ2) is 25.2. The Bertz CT molecular complexity index is 2310. The fraction of sp³-hybridized carbons (Fsp3) is 0.0556. The average Bonchev–Trinajstić information content (AvgIpc) is 4.23. The van der Waals surface area contributed by atoms with Crippen molar-refractivity contribution in [3.05, 3.63) is 288 Å². The minimum Gasteiger partial charge on any atom is -0.457 e. The highest BCUT2D eigenvalue weighted by Crippen LogP contribution is 2.39. The van der Waals surface area contributed by atoms with Crippen LogP contribution in [0.15, 0.2) is 250 Å². The van der Waals surface area contributed by atoms with E-state index in [2.05, 4.69) is 0 Å². The number of hydrogen-bond acceptors (Lipinski definition) is 12. The minimum absolute atomic E-state index is 0.0821. The van der Waals surface area contributed by atoms with Crippen molar-refractivity contribution in [1.29, 1.82) is 0 Å². The molecule has 0 saturated carbocycles. The molecule has 9 rings (SSSR count). The average molecular weight is 931 g/mol. The van der Waals surface area contributed by atoms with Crippen molar-refractivity contribution in [3.63, 3.8) is 0 Å². The molecule has 0 fully saturated rings. The summed E-state index contributed by atoms with van der Waals surface area (Å²) in [6, 6.07) is 69.4. The molecule has 6 aromatic carbocycles. The molecule has 0 atom stereocenters. The lowest BCUT2D eigenvalue weighted by Gasteiger charge is -2.15. The predicted molar refractivity (Wildman–Crippen MR) is 259 cm³/mol. The van der Waals surface area contributed by atoms with Crippen LogP contribution in [0.3, 0.4) is 0 Å². The van der Waals surface area contributed by atoms with Crippen LogP contribution >= 0.6 is 36.1 Å². The Morgan fingerprint density at radius 2 is 0.485 bits per heavy atom. The van der Waals surface area contributed by atoms with Crippen molar-refractivity contribution in [2.45, 2.75) is 15.7 Å². The highest BCUT2D eigenvalue weighted by Gasteiger charge is 2.22. The third-order valence-corrected chi connectivity index (χ3v) is 12.4. The highest BCUT2D eigenvalue weighted by molar-refractivity contribution is 7.96. The fourth-order valence-corrected chi connectivity index (χ4v) is 8.67. The molecule has 0 radical (unpaired) electrons. The zero-order valence-corrected chi connectivity index (χ0v) is 37.6. The number of rotatable bonds is 15. The first-order chi connectivity index (χ1) is 32.5. The smallest absolute Gasteiger partial charge is 0.386 e. The van der Waals surface area contributed by atoms with Crippen LogP contribution in [0.1, 0.15) is 80.8 Å². The molecule has 3 heterocycles. The molecule has 0 aliphatic carbocycles. The lowest BCUT2D eigenvalue weighted by atomic mass is 10.0. The van der Waals surface area contributed by atoms with Gasteiger partial charge < -0.3 is 25.8 Å². The number of furan rings is 3. The van der Waals surface area contributed by atoms with Gasteiger partial charge >= 0.3 is 17.9 Å². The molecule has 9 nitrogen and oxygen atoms in total. The van der Waals surface area contributed by atoms with Crippen LogP contribution < -0.4 is 0 Å². The van der Waals surface area contributed by atoms with E-state index in [1.165, 1.54) is 18.8 Å². The Kier molecular flexibility index (Phi) is 17.8. The molecule has 0 unspecified atom stereocenters. The molecule has 330 valence electrons. The van der Waals surface area contributed by atoms with E-state index in [9.17, 15) is 14.4 Å². The molecule has 0 aliphatic rings. The van der Waals surface area contributed by atoms with Crippen molar-refractivity contribution in [3.8, 4) is 0 Å². The largest absolute Gasteiger partial charge is 0.457 e. The van der Waals surface area contributed by atoms with Gasteiger partial charge in [-0.2, -0.15) is 0 Å². The lowest BCUT2D eigenvalue weighted by Crippen LogP contribution is -2.03. The van der Waals surface area contributed by atoms with Gasteiger partial charge in [0.15, 0.2) is 0 Å². The Hall–Kier alpha value is -7.38. The zero-order chi connectivity index (χ0) is 45.6. The second-order valence-corrected chi connectivity index (χ2v) is 16.4. The van der Waals surface area contributed by atoms with Gasteiger partial charge in [-0.25, -0.2) is 14.4 Å². The van der Waals surface area contributed by atoms with E-state index in [1.807, 2.05) is 182 Å². The van der Waals surface area contributed by atoms with E-state index in [1.54, 1.807) is 36.4 Å². The first kappa shape index (κ1) is 46.6. The Morgan fingerprint density at radius 1 is 0.288 bits per heavy atom. The molecule has 0 amide bonds. The van der Waals surface area contributed by atoms with Gasteiger partial charge in [-0.05, 0) is 69.8 Å². The monoisotopic (exact) mass is 930 g/mol. The van der Waals surface area contributed by atoms with E-state index in [0.29, 0.717) is 0 Å². The predicted octanol–water partition coefficient (Wildman–Crippen LogP) is 14.6. The Morgan fingerprint density at radius 3 is 0.652 bits per heavy atom. The first-order valence-corrected chi connectivity index (χ1v) is 23.0. The molecule has 66 heavy (non-hydrogen) atoms. The topological polar surface area (TPSA) is 118 Å². The normalized spacial score (nSPS) is 10.6. The van der Waals surface area contributed by atoms with E-state index in [-0.39, 0.29) is 33.0 Å². The maximum atomic E-state index is 11.9. The van der Waals surface area contributed by atoms with E-state index in [4.69, 9.17) is 25.8 Å². The Labute approximate surface area is 395 Å². The number of benzene rings is 6. The van der Waals surface area contributed by atoms with Gasteiger partial charge in [-0.1, -0.05) is 182 Å². The van der Waals surface area contributed by atoms with Gasteiger partial charge in [-0.3, -0.25) is 0 Å². The van der Waals surface area contributed by atoms with Gasteiger partial charge in [0.05, 0.1) is 70.7 Å². The molecule has 0 spiro atoms. The summed E-state index contributed by atoms with van der Waals surface area (Å²) in [6.07, 6.45) is 4.35. The van der Waals surface area contributed by atoms with Crippen LogP contribution in [0, 0.1) is 0 Å². The highest BCUT2D eigenvalue weighted by atomic mass is 32.2. The number of carbonyl (C=O) groups excluding carboxylic acids is 3. The van der Waals surface area contributed by atoms with Gasteiger partial charge in [0.25, 0.3) is 0 Å². The molecule has 0 saturated heterocycles. The fourth-order valence-electron chi connectivity index (χ4n) is 6.26. The van der Waals surface area contributed by atoms with E-state index in [0.717, 1.165) is 69.5 Å². The second-order valence-electron chi connectivity index (χ2n) is 13.9. The van der Waals surface area contributed by atoms with E-state index >= 15 is 0 Å². The van der Waals surface area contributed by atoms with Gasteiger partial charge in [0, 0.05) is 0 Å². The summed E-state index contributed by atoms with van der Waals surface area (Å²) in [7, 11) is 0. The number of hydrogen-bond donors (Lipinski definition) is 0. The van der Waals surface area contributed by atoms with Crippen molar-refractivity contribution < 1.29 is 40.2 Å². The van der Waals surface area contributed by atoms with Gasteiger partial charge in [0.2, 0.25) is 17.3 Å². The molecule has 0 aliphatic heterocycles. The molecule has 3 aromatic heterocycles. The Balaban J connectivity index is 0.000000147. The lowest BCUT2D eigenvalue weighted by molar-refractivity contribution is 0.0725. The summed E-state index contributed by atoms with van der Waals surface area (Å²) in [5.41, 5.74) is 6.45. The van der Waals surface area contributed by atoms with Crippen LogP contribution in [-0.2, 0) is 12.5 Å².